The van der Waals surface area contributed by atoms with E-state index in [1.54, 1.807) is 0 Å². The molecule has 0 spiro atoms. The monoisotopic (exact) mass is 244 g/mol. The van der Waals surface area contributed by atoms with Gasteiger partial charge in [-0.15, -0.1) is 0 Å². The van der Waals surface area contributed by atoms with Crippen LogP contribution in [-0.4, -0.2) is 0 Å². The summed E-state index contributed by atoms with van der Waals surface area (Å²) >= 11 is 0. The lowest BCUT2D eigenvalue weighted by Crippen LogP contribution is -2.04. The van der Waals surface area contributed by atoms with Crippen LogP contribution in [0.4, 0.5) is 0 Å². The van der Waals surface area contributed by atoms with Crippen LogP contribution in [0.5, 0.6) is 5.75 Å². The summed E-state index contributed by atoms with van der Waals surface area (Å²) in [5.41, 5.74) is 4.09. The molecule has 1 heteroatoms. The zero-order valence-electron chi connectivity index (χ0n) is 10.3. The molecule has 19 heavy (non-hydrogen) atoms. The van der Waals surface area contributed by atoms with Crippen molar-refractivity contribution in [1.29, 1.82) is 0 Å². The molecule has 0 amide bonds. The van der Waals surface area contributed by atoms with Crippen LogP contribution in [-0.2, 0) is 0 Å². The lowest BCUT2D eigenvalue weighted by molar-refractivity contribution is 0.230. The van der Waals surface area contributed by atoms with Crippen LogP contribution in [0.1, 0.15) is 28.7 Å². The molecule has 0 radical (unpaired) electrons. The van der Waals surface area contributed by atoms with Gasteiger partial charge in [0.2, 0.25) is 0 Å². The van der Waals surface area contributed by atoms with Gasteiger partial charge in [0.05, 0.1) is 5.92 Å². The van der Waals surface area contributed by atoms with Crippen LogP contribution in [0.15, 0.2) is 60.7 Å². The van der Waals surface area contributed by atoms with E-state index in [2.05, 4.69) is 54.6 Å². The molecule has 0 saturated heterocycles. The summed E-state index contributed by atoms with van der Waals surface area (Å²) in [6, 6.07) is 21.6. The van der Waals surface area contributed by atoms with Gasteiger partial charge in [-0.25, -0.2) is 0 Å². The third kappa shape index (κ3) is 1.06. The molecule has 2 aliphatic rings. The molecule has 1 aliphatic carbocycles. The highest BCUT2D eigenvalue weighted by Gasteiger charge is 2.42. The number of hydrogen-bond donors (Lipinski definition) is 0. The first kappa shape index (κ1) is 9.62. The van der Waals surface area contributed by atoms with Crippen molar-refractivity contribution >= 4 is 10.8 Å². The summed E-state index contributed by atoms with van der Waals surface area (Å²) in [5.74, 6) is 1.42. The molecule has 1 aliphatic heterocycles. The van der Waals surface area contributed by atoms with Crippen LogP contribution in [0, 0.1) is 0 Å². The maximum atomic E-state index is 6.20. The number of ether oxygens (including phenoxy) is 1. The Bertz CT molecular complexity index is 814. The van der Waals surface area contributed by atoms with Gasteiger partial charge in [0.1, 0.15) is 11.9 Å². The molecule has 3 aromatic carbocycles. The Hall–Kier alpha value is -2.28. The van der Waals surface area contributed by atoms with Gasteiger partial charge >= 0.3 is 0 Å². The fourth-order valence-electron chi connectivity index (χ4n) is 3.68. The summed E-state index contributed by atoms with van der Waals surface area (Å²) in [4.78, 5) is 0. The Balaban J connectivity index is 1.89. The molecular weight excluding hydrogens is 232 g/mol. The van der Waals surface area contributed by atoms with Gasteiger partial charge in [0.25, 0.3) is 0 Å². The van der Waals surface area contributed by atoms with Crippen molar-refractivity contribution in [2.45, 2.75) is 12.0 Å². The molecule has 90 valence electrons. The van der Waals surface area contributed by atoms with E-state index in [9.17, 15) is 0 Å². The first-order valence-electron chi connectivity index (χ1n) is 6.70. The van der Waals surface area contributed by atoms with Crippen LogP contribution in [0.3, 0.4) is 0 Å². The minimum Gasteiger partial charge on any atom is -0.484 e. The minimum atomic E-state index is 0.165. The Morgan fingerprint density at radius 2 is 1.42 bits per heavy atom. The first-order valence-corrected chi connectivity index (χ1v) is 6.70. The largest absolute Gasteiger partial charge is 0.484 e. The van der Waals surface area contributed by atoms with Crippen LogP contribution in [0.2, 0.25) is 0 Å². The summed E-state index contributed by atoms with van der Waals surface area (Å²) in [7, 11) is 0. The molecule has 0 aromatic heterocycles. The van der Waals surface area contributed by atoms with Gasteiger partial charge in [-0.2, -0.15) is 0 Å². The second kappa shape index (κ2) is 3.18. The van der Waals surface area contributed by atoms with Gasteiger partial charge in [-0.05, 0) is 22.4 Å². The normalized spacial score (nSPS) is 22.1. The van der Waals surface area contributed by atoms with Crippen molar-refractivity contribution < 1.29 is 4.74 Å². The van der Waals surface area contributed by atoms with Gasteiger partial charge in [-0.1, -0.05) is 54.6 Å². The van der Waals surface area contributed by atoms with Crippen molar-refractivity contribution in [2.75, 3.05) is 0 Å². The molecule has 1 heterocycles. The molecular formula is C18H12O. The maximum Gasteiger partial charge on any atom is 0.135 e. The maximum absolute atomic E-state index is 6.20. The predicted molar refractivity (Wildman–Crippen MR) is 75.6 cm³/mol. The molecule has 2 atom stereocenters. The SMILES string of the molecule is c1ccc2c(c1)O[C@H]1c3cccc4cccc(c34)[C@@H]21. The summed E-state index contributed by atoms with van der Waals surface area (Å²) in [6.07, 6.45) is 0.165. The van der Waals surface area contributed by atoms with Crippen LogP contribution < -0.4 is 4.74 Å². The number of hydrogen-bond acceptors (Lipinski definition) is 1. The molecule has 5 rings (SSSR count). The van der Waals surface area contributed by atoms with Crippen molar-refractivity contribution in [1.82, 2.24) is 0 Å². The van der Waals surface area contributed by atoms with E-state index in [1.165, 1.54) is 27.5 Å². The van der Waals surface area contributed by atoms with E-state index in [1.807, 2.05) is 6.07 Å². The molecule has 0 bridgehead atoms. The molecule has 1 nitrogen and oxygen atoms in total. The average molecular weight is 244 g/mol. The van der Waals surface area contributed by atoms with E-state index in [0.717, 1.165) is 5.75 Å². The Morgan fingerprint density at radius 3 is 2.32 bits per heavy atom. The lowest BCUT2D eigenvalue weighted by atomic mass is 9.92. The van der Waals surface area contributed by atoms with E-state index in [0.29, 0.717) is 5.92 Å². The Kier molecular flexibility index (Phi) is 1.61. The quantitative estimate of drug-likeness (QED) is 0.569. The van der Waals surface area contributed by atoms with Crippen molar-refractivity contribution in [3.05, 3.63) is 77.4 Å². The predicted octanol–water partition coefficient (Wildman–Crippen LogP) is 4.42. The fraction of sp³-hybridized carbons (Fsp3) is 0.111. The van der Waals surface area contributed by atoms with E-state index >= 15 is 0 Å². The number of rotatable bonds is 0. The minimum absolute atomic E-state index is 0.165. The van der Waals surface area contributed by atoms with Crippen molar-refractivity contribution in [3.8, 4) is 5.75 Å². The van der Waals surface area contributed by atoms with Crippen molar-refractivity contribution in [3.63, 3.8) is 0 Å². The zero-order valence-corrected chi connectivity index (χ0v) is 10.3. The lowest BCUT2D eigenvalue weighted by Gasteiger charge is -2.11. The second-order valence-electron chi connectivity index (χ2n) is 5.35. The summed E-state index contributed by atoms with van der Waals surface area (Å²) in [6.45, 7) is 0. The summed E-state index contributed by atoms with van der Waals surface area (Å²) < 4.78 is 6.20. The molecule has 0 fully saturated rings. The van der Waals surface area contributed by atoms with Gasteiger partial charge < -0.3 is 4.74 Å². The Morgan fingerprint density at radius 1 is 0.684 bits per heavy atom. The zero-order chi connectivity index (χ0) is 12.4. The van der Waals surface area contributed by atoms with E-state index in [4.69, 9.17) is 4.74 Å². The van der Waals surface area contributed by atoms with E-state index in [-0.39, 0.29) is 6.10 Å². The molecule has 3 aromatic rings. The fourth-order valence-corrected chi connectivity index (χ4v) is 3.68. The molecule has 0 saturated carbocycles. The highest BCUT2D eigenvalue weighted by Crippen LogP contribution is 2.56. The summed E-state index contributed by atoms with van der Waals surface area (Å²) in [5, 5.41) is 2.72. The van der Waals surface area contributed by atoms with Gasteiger partial charge in [0.15, 0.2) is 0 Å². The Labute approximate surface area is 111 Å². The van der Waals surface area contributed by atoms with Crippen LogP contribution >= 0.6 is 0 Å². The number of benzene rings is 3. The number of fused-ring (bicyclic) bond motifs is 5. The number of para-hydroxylation sites is 1. The molecule has 0 N–H and O–H groups in total. The highest BCUT2D eigenvalue weighted by molar-refractivity contribution is 5.93. The van der Waals surface area contributed by atoms with Crippen LogP contribution in [0.25, 0.3) is 10.8 Å². The molecule has 0 unspecified atom stereocenters. The second-order valence-corrected chi connectivity index (χ2v) is 5.35. The highest BCUT2D eigenvalue weighted by atomic mass is 16.5. The van der Waals surface area contributed by atoms with Crippen molar-refractivity contribution in [2.24, 2.45) is 0 Å². The standard InChI is InChI=1S/C18H12O/c1-2-10-15-12(7-1)17-13-8-3-5-11-6-4-9-14(16(11)13)18(17)19-15/h1-10,17-18H/t17-,18+/m1/s1. The van der Waals surface area contributed by atoms with Gasteiger partial charge in [0, 0.05) is 11.1 Å². The van der Waals surface area contributed by atoms with E-state index < -0.39 is 0 Å². The third-order valence-electron chi connectivity index (χ3n) is 4.42. The van der Waals surface area contributed by atoms with Gasteiger partial charge in [-0.3, -0.25) is 0 Å². The average Bonchev–Trinajstić information content (AvgIpc) is 2.98. The first-order chi connectivity index (χ1) is 9.43. The third-order valence-corrected chi connectivity index (χ3v) is 4.42. The topological polar surface area (TPSA) is 9.23 Å². The smallest absolute Gasteiger partial charge is 0.135 e.